The summed E-state index contributed by atoms with van der Waals surface area (Å²) in [7, 11) is 0. The highest BCUT2D eigenvalue weighted by Crippen LogP contribution is 2.26. The number of nitrogens with zero attached hydrogens (tertiary/aromatic N) is 1. The number of fused-ring (bicyclic) bond motifs is 1. The quantitative estimate of drug-likeness (QED) is 0.665. The predicted octanol–water partition coefficient (Wildman–Crippen LogP) is 3.85. The van der Waals surface area contributed by atoms with Crippen LogP contribution in [0.25, 0.3) is 22.2 Å². The van der Waals surface area contributed by atoms with Crippen molar-refractivity contribution in [3.05, 3.63) is 53.9 Å². The Kier molecular flexibility index (Phi) is 2.22. The molecule has 0 aliphatic rings. The summed E-state index contributed by atoms with van der Waals surface area (Å²) in [6.45, 7) is 4.17. The molecule has 0 saturated carbocycles. The standard InChI is InChI=1S/C15H14N2/c1-10-4-3-5-12(8-10)13-9-15-14(6-7-16-15)17-11(13)2/h3-9,16H,1-2H3. The first-order valence-electron chi connectivity index (χ1n) is 5.76. The number of aromatic amines is 1. The van der Waals surface area contributed by atoms with E-state index in [9.17, 15) is 0 Å². The fourth-order valence-corrected chi connectivity index (χ4v) is 2.18. The van der Waals surface area contributed by atoms with Gasteiger partial charge < -0.3 is 4.98 Å². The van der Waals surface area contributed by atoms with Gasteiger partial charge in [0, 0.05) is 17.5 Å². The van der Waals surface area contributed by atoms with E-state index < -0.39 is 0 Å². The van der Waals surface area contributed by atoms with Crippen molar-refractivity contribution < 1.29 is 0 Å². The molecule has 0 fully saturated rings. The van der Waals surface area contributed by atoms with Gasteiger partial charge in [0.1, 0.15) is 0 Å². The fraction of sp³-hybridized carbons (Fsp3) is 0.133. The Labute approximate surface area is 100 Å². The number of hydrogen-bond acceptors (Lipinski definition) is 1. The third-order valence-corrected chi connectivity index (χ3v) is 3.05. The van der Waals surface area contributed by atoms with E-state index in [0.717, 1.165) is 16.7 Å². The lowest BCUT2D eigenvalue weighted by molar-refractivity contribution is 1.25. The molecule has 84 valence electrons. The highest BCUT2D eigenvalue weighted by molar-refractivity contribution is 5.82. The van der Waals surface area contributed by atoms with E-state index >= 15 is 0 Å². The second kappa shape index (κ2) is 3.74. The van der Waals surface area contributed by atoms with Gasteiger partial charge in [-0.25, -0.2) is 0 Å². The van der Waals surface area contributed by atoms with Gasteiger partial charge in [0.05, 0.1) is 11.0 Å². The van der Waals surface area contributed by atoms with Crippen molar-refractivity contribution in [3.63, 3.8) is 0 Å². The predicted molar refractivity (Wildman–Crippen MR) is 71.0 cm³/mol. The zero-order valence-corrected chi connectivity index (χ0v) is 9.99. The molecule has 0 atom stereocenters. The molecule has 0 radical (unpaired) electrons. The van der Waals surface area contributed by atoms with Gasteiger partial charge in [0.25, 0.3) is 0 Å². The number of aromatic nitrogens is 2. The SMILES string of the molecule is Cc1cccc(-c2cc3[nH]ccc3nc2C)c1. The first-order valence-corrected chi connectivity index (χ1v) is 5.76. The Morgan fingerprint density at radius 1 is 1.06 bits per heavy atom. The molecule has 0 unspecified atom stereocenters. The Hall–Kier alpha value is -2.09. The monoisotopic (exact) mass is 222 g/mol. The molecule has 2 aromatic heterocycles. The van der Waals surface area contributed by atoms with E-state index in [2.05, 4.69) is 54.1 Å². The molecule has 1 N–H and O–H groups in total. The summed E-state index contributed by atoms with van der Waals surface area (Å²) in [4.78, 5) is 7.82. The second-order valence-electron chi connectivity index (χ2n) is 4.40. The van der Waals surface area contributed by atoms with Crippen LogP contribution in [0.1, 0.15) is 11.3 Å². The first kappa shape index (κ1) is 10.1. The summed E-state index contributed by atoms with van der Waals surface area (Å²) in [5, 5.41) is 0. The number of pyridine rings is 1. The maximum absolute atomic E-state index is 4.61. The van der Waals surface area contributed by atoms with Crippen LogP contribution in [-0.2, 0) is 0 Å². The van der Waals surface area contributed by atoms with E-state index in [1.165, 1.54) is 16.7 Å². The molecule has 17 heavy (non-hydrogen) atoms. The Morgan fingerprint density at radius 3 is 2.76 bits per heavy atom. The van der Waals surface area contributed by atoms with Crippen LogP contribution < -0.4 is 0 Å². The average molecular weight is 222 g/mol. The van der Waals surface area contributed by atoms with Crippen LogP contribution in [0, 0.1) is 13.8 Å². The highest BCUT2D eigenvalue weighted by Gasteiger charge is 2.06. The van der Waals surface area contributed by atoms with Gasteiger partial charge in [0.2, 0.25) is 0 Å². The lowest BCUT2D eigenvalue weighted by Gasteiger charge is -2.06. The normalized spacial score (nSPS) is 10.9. The summed E-state index contributed by atoms with van der Waals surface area (Å²) >= 11 is 0. The number of rotatable bonds is 1. The minimum atomic E-state index is 1.03. The molecular formula is C15H14N2. The molecule has 0 amide bonds. The summed E-state index contributed by atoms with van der Waals surface area (Å²) in [5.74, 6) is 0. The van der Waals surface area contributed by atoms with Gasteiger partial charge in [-0.05, 0) is 31.5 Å². The molecule has 0 bridgehead atoms. The molecule has 2 heterocycles. The number of benzene rings is 1. The van der Waals surface area contributed by atoms with E-state index in [1.807, 2.05) is 12.3 Å². The van der Waals surface area contributed by atoms with Crippen LogP contribution >= 0.6 is 0 Å². The fourth-order valence-electron chi connectivity index (χ4n) is 2.18. The van der Waals surface area contributed by atoms with E-state index in [-0.39, 0.29) is 0 Å². The zero-order valence-electron chi connectivity index (χ0n) is 9.99. The summed E-state index contributed by atoms with van der Waals surface area (Å²) < 4.78 is 0. The lowest BCUT2D eigenvalue weighted by Crippen LogP contribution is -1.88. The van der Waals surface area contributed by atoms with Gasteiger partial charge in [-0.2, -0.15) is 0 Å². The molecule has 2 nitrogen and oxygen atoms in total. The molecule has 3 aromatic rings. The van der Waals surface area contributed by atoms with Crippen molar-refractivity contribution in [1.82, 2.24) is 9.97 Å². The van der Waals surface area contributed by atoms with Crippen LogP contribution in [0.2, 0.25) is 0 Å². The molecule has 0 aliphatic carbocycles. The Balaban J connectivity index is 2.25. The van der Waals surface area contributed by atoms with Crippen molar-refractivity contribution in [1.29, 1.82) is 0 Å². The molecule has 3 rings (SSSR count). The van der Waals surface area contributed by atoms with Crippen molar-refractivity contribution in [2.45, 2.75) is 13.8 Å². The van der Waals surface area contributed by atoms with Crippen LogP contribution in [0.3, 0.4) is 0 Å². The number of nitrogens with one attached hydrogen (secondary N) is 1. The summed E-state index contributed by atoms with van der Waals surface area (Å²) in [5.41, 5.74) is 6.89. The highest BCUT2D eigenvalue weighted by atomic mass is 14.8. The number of H-pyrrole nitrogens is 1. The van der Waals surface area contributed by atoms with Gasteiger partial charge in [-0.1, -0.05) is 29.8 Å². The summed E-state index contributed by atoms with van der Waals surface area (Å²) in [6, 6.07) is 12.7. The van der Waals surface area contributed by atoms with E-state index in [1.54, 1.807) is 0 Å². The molecule has 0 saturated heterocycles. The Bertz CT molecular complexity index is 680. The maximum Gasteiger partial charge on any atom is 0.0882 e. The van der Waals surface area contributed by atoms with Crippen molar-refractivity contribution in [2.24, 2.45) is 0 Å². The largest absolute Gasteiger partial charge is 0.360 e. The molecule has 2 heteroatoms. The third-order valence-electron chi connectivity index (χ3n) is 3.05. The molecule has 0 spiro atoms. The van der Waals surface area contributed by atoms with Crippen molar-refractivity contribution in [2.75, 3.05) is 0 Å². The van der Waals surface area contributed by atoms with Gasteiger partial charge in [-0.15, -0.1) is 0 Å². The minimum absolute atomic E-state index is 1.03. The molecular weight excluding hydrogens is 208 g/mol. The van der Waals surface area contributed by atoms with Crippen LogP contribution in [0.4, 0.5) is 0 Å². The molecule has 0 aliphatic heterocycles. The Morgan fingerprint density at radius 2 is 1.94 bits per heavy atom. The van der Waals surface area contributed by atoms with Crippen LogP contribution in [0.15, 0.2) is 42.6 Å². The van der Waals surface area contributed by atoms with Crippen LogP contribution in [-0.4, -0.2) is 9.97 Å². The van der Waals surface area contributed by atoms with Crippen LogP contribution in [0.5, 0.6) is 0 Å². The number of hydrogen-bond donors (Lipinski definition) is 1. The lowest BCUT2D eigenvalue weighted by atomic mass is 10.0. The van der Waals surface area contributed by atoms with Crippen molar-refractivity contribution >= 4 is 11.0 Å². The molecule has 1 aromatic carbocycles. The van der Waals surface area contributed by atoms with E-state index in [4.69, 9.17) is 0 Å². The topological polar surface area (TPSA) is 28.7 Å². The van der Waals surface area contributed by atoms with Gasteiger partial charge in [0.15, 0.2) is 0 Å². The first-order chi connectivity index (χ1) is 8.24. The average Bonchev–Trinajstić information content (AvgIpc) is 2.75. The summed E-state index contributed by atoms with van der Waals surface area (Å²) in [6.07, 6.45) is 1.93. The minimum Gasteiger partial charge on any atom is -0.360 e. The van der Waals surface area contributed by atoms with Crippen molar-refractivity contribution in [3.8, 4) is 11.1 Å². The zero-order chi connectivity index (χ0) is 11.8. The van der Waals surface area contributed by atoms with Gasteiger partial charge >= 0.3 is 0 Å². The smallest absolute Gasteiger partial charge is 0.0882 e. The van der Waals surface area contributed by atoms with E-state index in [0.29, 0.717) is 0 Å². The third kappa shape index (κ3) is 1.72. The maximum atomic E-state index is 4.61. The van der Waals surface area contributed by atoms with Gasteiger partial charge in [-0.3, -0.25) is 4.98 Å². The second-order valence-corrected chi connectivity index (χ2v) is 4.40. The number of aryl methyl sites for hydroxylation is 2.